The number of nitrogens with zero attached hydrogens (tertiary/aromatic N) is 3. The highest BCUT2D eigenvalue weighted by atomic mass is 16.5. The van der Waals surface area contributed by atoms with Crippen molar-refractivity contribution in [3.8, 4) is 11.6 Å². The minimum Gasteiger partial charge on any atom is -0.461 e. The van der Waals surface area contributed by atoms with Gasteiger partial charge in [0.05, 0.1) is 18.7 Å². The van der Waals surface area contributed by atoms with Crippen LogP contribution in [0.25, 0.3) is 11.6 Å². The van der Waals surface area contributed by atoms with E-state index in [9.17, 15) is 4.79 Å². The number of hydrogen-bond acceptors (Lipinski definition) is 6. The first kappa shape index (κ1) is 15.4. The molecular formula is C17H22N4O3. The molecular weight excluding hydrogens is 308 g/mol. The van der Waals surface area contributed by atoms with Crippen LogP contribution < -0.4 is 5.32 Å². The van der Waals surface area contributed by atoms with Gasteiger partial charge in [0.1, 0.15) is 0 Å². The maximum absolute atomic E-state index is 12.1. The van der Waals surface area contributed by atoms with E-state index in [1.54, 1.807) is 18.4 Å². The van der Waals surface area contributed by atoms with Crippen molar-refractivity contribution in [3.05, 3.63) is 24.3 Å². The number of amides is 1. The van der Waals surface area contributed by atoms with Crippen molar-refractivity contribution in [2.45, 2.75) is 44.1 Å². The van der Waals surface area contributed by atoms with Crippen molar-refractivity contribution < 1.29 is 13.7 Å². The van der Waals surface area contributed by atoms with Gasteiger partial charge in [-0.1, -0.05) is 24.4 Å². The van der Waals surface area contributed by atoms with Crippen LogP contribution in [0, 0.1) is 0 Å². The molecule has 2 aromatic heterocycles. The average Bonchev–Trinajstić information content (AvgIpc) is 3.22. The van der Waals surface area contributed by atoms with Crippen LogP contribution in [0.1, 0.15) is 43.9 Å². The fraction of sp³-hybridized carbons (Fsp3) is 0.588. The van der Waals surface area contributed by atoms with Crippen molar-refractivity contribution in [2.24, 2.45) is 0 Å². The van der Waals surface area contributed by atoms with Gasteiger partial charge in [-0.25, -0.2) is 0 Å². The molecule has 1 aliphatic heterocycles. The molecule has 1 saturated carbocycles. The SMILES string of the molecule is O=C(CN1CC(c2nc(-c3ccco3)no2)C1)NC1CCCCC1. The zero-order chi connectivity index (χ0) is 16.4. The Morgan fingerprint density at radius 3 is 2.88 bits per heavy atom. The predicted molar refractivity (Wildman–Crippen MR) is 86.2 cm³/mol. The molecule has 2 aliphatic rings. The van der Waals surface area contributed by atoms with Crippen LogP contribution in [0.5, 0.6) is 0 Å². The van der Waals surface area contributed by atoms with E-state index < -0.39 is 0 Å². The molecule has 7 heteroatoms. The maximum atomic E-state index is 12.1. The van der Waals surface area contributed by atoms with Gasteiger partial charge in [-0.3, -0.25) is 9.69 Å². The highest BCUT2D eigenvalue weighted by Gasteiger charge is 2.34. The van der Waals surface area contributed by atoms with E-state index in [-0.39, 0.29) is 11.8 Å². The third kappa shape index (κ3) is 3.36. The molecule has 0 atom stereocenters. The molecule has 0 bridgehead atoms. The Morgan fingerprint density at radius 2 is 2.12 bits per heavy atom. The van der Waals surface area contributed by atoms with Crippen LogP contribution in [-0.2, 0) is 4.79 Å². The van der Waals surface area contributed by atoms with Crippen LogP contribution in [0.4, 0.5) is 0 Å². The predicted octanol–water partition coefficient (Wildman–Crippen LogP) is 2.18. The van der Waals surface area contributed by atoms with E-state index in [0.29, 0.717) is 30.1 Å². The lowest BCUT2D eigenvalue weighted by Crippen LogP contribution is -2.51. The third-order valence-corrected chi connectivity index (χ3v) is 4.83. The molecule has 128 valence electrons. The number of likely N-dealkylation sites (tertiary alicyclic amines) is 1. The molecule has 3 heterocycles. The summed E-state index contributed by atoms with van der Waals surface area (Å²) in [5.41, 5.74) is 0. The second kappa shape index (κ2) is 6.76. The smallest absolute Gasteiger partial charge is 0.238 e. The van der Waals surface area contributed by atoms with Gasteiger partial charge in [0.15, 0.2) is 5.76 Å². The third-order valence-electron chi connectivity index (χ3n) is 4.83. The van der Waals surface area contributed by atoms with Crippen molar-refractivity contribution >= 4 is 5.91 Å². The molecule has 2 aromatic rings. The Morgan fingerprint density at radius 1 is 1.29 bits per heavy atom. The van der Waals surface area contributed by atoms with Crippen molar-refractivity contribution in [1.29, 1.82) is 0 Å². The van der Waals surface area contributed by atoms with Gasteiger partial charge in [-0.15, -0.1) is 0 Å². The lowest BCUT2D eigenvalue weighted by molar-refractivity contribution is -0.124. The summed E-state index contributed by atoms with van der Waals surface area (Å²) in [4.78, 5) is 18.6. The number of aromatic nitrogens is 2. The first-order valence-corrected chi connectivity index (χ1v) is 8.67. The van der Waals surface area contributed by atoms with Gasteiger partial charge in [0, 0.05) is 19.1 Å². The normalized spacial score (nSPS) is 20.0. The molecule has 1 N–H and O–H groups in total. The standard InChI is InChI=1S/C17H22N4O3/c22-15(18-13-5-2-1-3-6-13)11-21-9-12(10-21)17-19-16(20-24-17)14-7-4-8-23-14/h4,7-8,12-13H,1-3,5-6,9-11H2,(H,18,22). The summed E-state index contributed by atoms with van der Waals surface area (Å²) in [6.07, 6.45) is 7.57. The van der Waals surface area contributed by atoms with Crippen molar-refractivity contribution in [1.82, 2.24) is 20.4 Å². The minimum absolute atomic E-state index is 0.127. The molecule has 0 unspecified atom stereocenters. The fourth-order valence-corrected chi connectivity index (χ4v) is 3.49. The maximum Gasteiger partial charge on any atom is 0.238 e. The molecule has 1 aliphatic carbocycles. The van der Waals surface area contributed by atoms with E-state index in [4.69, 9.17) is 8.94 Å². The highest BCUT2D eigenvalue weighted by molar-refractivity contribution is 5.78. The van der Waals surface area contributed by atoms with Gasteiger partial charge in [-0.05, 0) is 25.0 Å². The quantitative estimate of drug-likeness (QED) is 0.904. The lowest BCUT2D eigenvalue weighted by atomic mass is 9.95. The molecule has 1 amide bonds. The molecule has 4 rings (SSSR count). The largest absolute Gasteiger partial charge is 0.461 e. The van der Waals surface area contributed by atoms with Crippen LogP contribution >= 0.6 is 0 Å². The van der Waals surface area contributed by atoms with Gasteiger partial charge in [-0.2, -0.15) is 4.98 Å². The topological polar surface area (TPSA) is 84.4 Å². The molecule has 0 spiro atoms. The van der Waals surface area contributed by atoms with E-state index in [1.807, 2.05) is 0 Å². The number of hydrogen-bond donors (Lipinski definition) is 1. The summed E-state index contributed by atoms with van der Waals surface area (Å²) in [5.74, 6) is 2.02. The summed E-state index contributed by atoms with van der Waals surface area (Å²) >= 11 is 0. The summed E-state index contributed by atoms with van der Waals surface area (Å²) < 4.78 is 10.6. The summed E-state index contributed by atoms with van der Waals surface area (Å²) in [6, 6.07) is 3.97. The Bertz CT molecular complexity index is 670. The second-order valence-corrected chi connectivity index (χ2v) is 6.73. The van der Waals surface area contributed by atoms with E-state index >= 15 is 0 Å². The van der Waals surface area contributed by atoms with Crippen LogP contribution in [0.15, 0.2) is 27.3 Å². The van der Waals surface area contributed by atoms with E-state index in [1.165, 1.54) is 19.3 Å². The lowest BCUT2D eigenvalue weighted by Gasteiger charge is -2.36. The van der Waals surface area contributed by atoms with Gasteiger partial charge in [0.2, 0.25) is 17.6 Å². The van der Waals surface area contributed by atoms with Crippen LogP contribution in [-0.4, -0.2) is 46.6 Å². The van der Waals surface area contributed by atoms with Gasteiger partial charge >= 0.3 is 0 Å². The average molecular weight is 330 g/mol. The first-order chi connectivity index (χ1) is 11.8. The van der Waals surface area contributed by atoms with Gasteiger partial charge < -0.3 is 14.3 Å². The molecule has 2 fully saturated rings. The number of carbonyl (C=O) groups excluding carboxylic acids is 1. The summed E-state index contributed by atoms with van der Waals surface area (Å²) in [7, 11) is 0. The Hall–Kier alpha value is -2.15. The number of nitrogens with one attached hydrogen (secondary N) is 1. The first-order valence-electron chi connectivity index (χ1n) is 8.67. The highest BCUT2D eigenvalue weighted by Crippen LogP contribution is 2.27. The zero-order valence-electron chi connectivity index (χ0n) is 13.6. The Labute approximate surface area is 140 Å². The summed E-state index contributed by atoms with van der Waals surface area (Å²) in [6.45, 7) is 2.00. The minimum atomic E-state index is 0.127. The molecule has 24 heavy (non-hydrogen) atoms. The second-order valence-electron chi connectivity index (χ2n) is 6.73. The van der Waals surface area contributed by atoms with Gasteiger partial charge in [0.25, 0.3) is 0 Å². The number of carbonyl (C=O) groups is 1. The van der Waals surface area contributed by atoms with Crippen molar-refractivity contribution in [3.63, 3.8) is 0 Å². The molecule has 0 radical (unpaired) electrons. The fourth-order valence-electron chi connectivity index (χ4n) is 3.49. The monoisotopic (exact) mass is 330 g/mol. The van der Waals surface area contributed by atoms with Crippen molar-refractivity contribution in [2.75, 3.05) is 19.6 Å². The Balaban J connectivity index is 1.24. The molecule has 7 nitrogen and oxygen atoms in total. The zero-order valence-corrected chi connectivity index (χ0v) is 13.6. The number of rotatable bonds is 5. The van der Waals surface area contributed by atoms with Crippen LogP contribution in [0.2, 0.25) is 0 Å². The van der Waals surface area contributed by atoms with Crippen LogP contribution in [0.3, 0.4) is 0 Å². The molecule has 1 saturated heterocycles. The Kier molecular flexibility index (Phi) is 4.34. The molecule has 0 aromatic carbocycles. The van der Waals surface area contributed by atoms with E-state index in [2.05, 4.69) is 20.4 Å². The summed E-state index contributed by atoms with van der Waals surface area (Å²) in [5, 5.41) is 7.10. The van der Waals surface area contributed by atoms with E-state index in [0.717, 1.165) is 25.9 Å². The number of furan rings is 1.